The third-order valence-corrected chi connectivity index (χ3v) is 2.69. The van der Waals surface area contributed by atoms with Crippen LogP contribution in [0.15, 0.2) is 12.3 Å². The van der Waals surface area contributed by atoms with Gasteiger partial charge in [-0.1, -0.05) is 13.3 Å². The highest BCUT2D eigenvalue weighted by Gasteiger charge is 2.03. The molecule has 0 aliphatic carbocycles. The Labute approximate surface area is 93.3 Å². The molecule has 0 saturated heterocycles. The van der Waals surface area contributed by atoms with Crippen molar-refractivity contribution in [1.82, 2.24) is 9.88 Å². The predicted octanol–water partition coefficient (Wildman–Crippen LogP) is 2.93. The van der Waals surface area contributed by atoms with Crippen LogP contribution in [0.25, 0.3) is 0 Å². The highest BCUT2D eigenvalue weighted by Crippen LogP contribution is 2.10. The van der Waals surface area contributed by atoms with Crippen molar-refractivity contribution in [3.8, 4) is 0 Å². The van der Waals surface area contributed by atoms with Crippen LogP contribution < -0.4 is 0 Å². The Balaban J connectivity index is 2.56. The third-order valence-electron chi connectivity index (χ3n) is 2.69. The van der Waals surface area contributed by atoms with E-state index in [-0.39, 0.29) is 0 Å². The summed E-state index contributed by atoms with van der Waals surface area (Å²) in [4.78, 5) is 6.71. The van der Waals surface area contributed by atoms with Gasteiger partial charge in [-0.05, 0) is 51.1 Å². The second kappa shape index (κ2) is 5.86. The molecular formula is C13H22N2. The molecule has 0 aliphatic heterocycles. The third kappa shape index (κ3) is 4.00. The van der Waals surface area contributed by atoms with Crippen molar-refractivity contribution in [2.24, 2.45) is 0 Å². The molecule has 0 spiro atoms. The number of hydrogen-bond acceptors (Lipinski definition) is 2. The van der Waals surface area contributed by atoms with Crippen LogP contribution in [0.5, 0.6) is 0 Å². The van der Waals surface area contributed by atoms with Crippen molar-refractivity contribution in [3.05, 3.63) is 29.1 Å². The maximum Gasteiger partial charge on any atom is 0.0375 e. The SMILES string of the molecule is CCCCN(C)Cc1cnc(C)cc1C. The average Bonchev–Trinajstić information content (AvgIpc) is 2.19. The summed E-state index contributed by atoms with van der Waals surface area (Å²) in [6.45, 7) is 8.62. The van der Waals surface area contributed by atoms with E-state index in [9.17, 15) is 0 Å². The van der Waals surface area contributed by atoms with Crippen LogP contribution in [-0.2, 0) is 6.54 Å². The Kier molecular flexibility index (Phi) is 4.76. The second-order valence-electron chi connectivity index (χ2n) is 4.34. The van der Waals surface area contributed by atoms with Crippen molar-refractivity contribution in [2.45, 2.75) is 40.2 Å². The monoisotopic (exact) mass is 206 g/mol. The van der Waals surface area contributed by atoms with Gasteiger partial charge in [-0.25, -0.2) is 0 Å². The minimum absolute atomic E-state index is 1.01. The zero-order valence-electron chi connectivity index (χ0n) is 10.4. The van der Waals surface area contributed by atoms with Crippen LogP contribution in [0.3, 0.4) is 0 Å². The van der Waals surface area contributed by atoms with E-state index in [0.29, 0.717) is 0 Å². The molecule has 0 saturated carbocycles. The van der Waals surface area contributed by atoms with Gasteiger partial charge in [0.1, 0.15) is 0 Å². The first kappa shape index (κ1) is 12.2. The summed E-state index contributed by atoms with van der Waals surface area (Å²) in [5.74, 6) is 0. The van der Waals surface area contributed by atoms with E-state index in [4.69, 9.17) is 0 Å². The number of aryl methyl sites for hydroxylation is 2. The quantitative estimate of drug-likeness (QED) is 0.736. The molecule has 84 valence electrons. The Bertz CT molecular complexity index is 307. The molecular weight excluding hydrogens is 184 g/mol. The maximum atomic E-state index is 4.35. The van der Waals surface area contributed by atoms with Crippen molar-refractivity contribution < 1.29 is 0 Å². The van der Waals surface area contributed by atoms with Gasteiger partial charge < -0.3 is 4.90 Å². The van der Waals surface area contributed by atoms with E-state index in [2.05, 4.69) is 36.8 Å². The van der Waals surface area contributed by atoms with Gasteiger partial charge in [0.05, 0.1) is 0 Å². The van der Waals surface area contributed by atoms with Crippen molar-refractivity contribution in [2.75, 3.05) is 13.6 Å². The van der Waals surface area contributed by atoms with Crippen LogP contribution >= 0.6 is 0 Å². The van der Waals surface area contributed by atoms with Gasteiger partial charge in [0.2, 0.25) is 0 Å². The summed E-state index contributed by atoms with van der Waals surface area (Å²) in [5, 5.41) is 0. The van der Waals surface area contributed by atoms with E-state index in [1.807, 2.05) is 13.1 Å². The zero-order valence-corrected chi connectivity index (χ0v) is 10.4. The first-order valence-electron chi connectivity index (χ1n) is 5.74. The van der Waals surface area contributed by atoms with Crippen LogP contribution in [0.1, 0.15) is 36.6 Å². The fourth-order valence-electron chi connectivity index (χ4n) is 1.69. The number of aromatic nitrogens is 1. The largest absolute Gasteiger partial charge is 0.302 e. The molecule has 0 aromatic carbocycles. The Hall–Kier alpha value is -0.890. The Morgan fingerprint density at radius 3 is 2.67 bits per heavy atom. The van der Waals surface area contributed by atoms with Gasteiger partial charge in [-0.15, -0.1) is 0 Å². The van der Waals surface area contributed by atoms with Gasteiger partial charge >= 0.3 is 0 Å². The average molecular weight is 206 g/mol. The maximum absolute atomic E-state index is 4.35. The first-order valence-corrected chi connectivity index (χ1v) is 5.74. The molecule has 15 heavy (non-hydrogen) atoms. The van der Waals surface area contributed by atoms with Gasteiger partial charge in [-0.3, -0.25) is 4.98 Å². The lowest BCUT2D eigenvalue weighted by atomic mass is 10.1. The lowest BCUT2D eigenvalue weighted by Crippen LogP contribution is -2.19. The minimum Gasteiger partial charge on any atom is -0.302 e. The molecule has 0 radical (unpaired) electrons. The fraction of sp³-hybridized carbons (Fsp3) is 0.615. The molecule has 1 aromatic heterocycles. The predicted molar refractivity (Wildman–Crippen MR) is 65.0 cm³/mol. The number of pyridine rings is 1. The lowest BCUT2D eigenvalue weighted by Gasteiger charge is -2.17. The topological polar surface area (TPSA) is 16.1 Å². The molecule has 0 atom stereocenters. The van der Waals surface area contributed by atoms with Gasteiger partial charge in [0, 0.05) is 18.4 Å². The molecule has 1 rings (SSSR count). The van der Waals surface area contributed by atoms with Crippen LogP contribution in [0.2, 0.25) is 0 Å². The molecule has 2 heteroatoms. The fourth-order valence-corrected chi connectivity index (χ4v) is 1.69. The summed E-state index contributed by atoms with van der Waals surface area (Å²) >= 11 is 0. The molecule has 2 nitrogen and oxygen atoms in total. The van der Waals surface area contributed by atoms with Gasteiger partial charge in [0.15, 0.2) is 0 Å². The van der Waals surface area contributed by atoms with E-state index < -0.39 is 0 Å². The van der Waals surface area contributed by atoms with E-state index in [1.165, 1.54) is 30.5 Å². The smallest absolute Gasteiger partial charge is 0.0375 e. The van der Waals surface area contributed by atoms with E-state index in [1.54, 1.807) is 0 Å². The number of unbranched alkanes of at least 4 members (excludes halogenated alkanes) is 1. The number of nitrogens with zero attached hydrogens (tertiary/aromatic N) is 2. The van der Waals surface area contributed by atoms with Crippen LogP contribution in [0.4, 0.5) is 0 Å². The molecule has 0 N–H and O–H groups in total. The highest BCUT2D eigenvalue weighted by atomic mass is 15.1. The molecule has 1 heterocycles. The first-order chi connectivity index (χ1) is 7.13. The van der Waals surface area contributed by atoms with Gasteiger partial charge in [0.25, 0.3) is 0 Å². The molecule has 0 fully saturated rings. The second-order valence-corrected chi connectivity index (χ2v) is 4.34. The summed E-state index contributed by atoms with van der Waals surface area (Å²) in [5.41, 5.74) is 3.80. The van der Waals surface area contributed by atoms with Crippen molar-refractivity contribution in [1.29, 1.82) is 0 Å². The van der Waals surface area contributed by atoms with E-state index in [0.717, 1.165) is 12.2 Å². The standard InChI is InChI=1S/C13H22N2/c1-5-6-7-15(4)10-13-9-14-12(3)8-11(13)2/h8-9H,5-7,10H2,1-4H3. The molecule has 1 aromatic rings. The Morgan fingerprint density at radius 2 is 2.07 bits per heavy atom. The molecule has 0 bridgehead atoms. The minimum atomic E-state index is 1.01. The van der Waals surface area contributed by atoms with E-state index >= 15 is 0 Å². The lowest BCUT2D eigenvalue weighted by molar-refractivity contribution is 0.320. The number of hydrogen-bond donors (Lipinski definition) is 0. The highest BCUT2D eigenvalue weighted by molar-refractivity contribution is 5.24. The zero-order chi connectivity index (χ0) is 11.3. The number of rotatable bonds is 5. The van der Waals surface area contributed by atoms with Crippen LogP contribution in [0, 0.1) is 13.8 Å². The molecule has 0 amide bonds. The summed E-state index contributed by atoms with van der Waals surface area (Å²) in [6, 6.07) is 2.16. The summed E-state index contributed by atoms with van der Waals surface area (Å²) in [7, 11) is 2.18. The van der Waals surface area contributed by atoms with Crippen molar-refractivity contribution in [3.63, 3.8) is 0 Å². The molecule has 0 aliphatic rings. The summed E-state index contributed by atoms with van der Waals surface area (Å²) < 4.78 is 0. The molecule has 0 unspecified atom stereocenters. The van der Waals surface area contributed by atoms with Gasteiger partial charge in [-0.2, -0.15) is 0 Å². The normalized spacial score (nSPS) is 11.0. The van der Waals surface area contributed by atoms with Crippen molar-refractivity contribution >= 4 is 0 Å². The Morgan fingerprint density at radius 1 is 1.33 bits per heavy atom. The summed E-state index contributed by atoms with van der Waals surface area (Å²) in [6.07, 6.45) is 4.54. The van der Waals surface area contributed by atoms with Crippen LogP contribution in [-0.4, -0.2) is 23.5 Å².